The van der Waals surface area contributed by atoms with E-state index in [1.807, 2.05) is 0 Å². The number of nitrogens with one attached hydrogen (secondary N) is 2. The molecule has 2 aromatic heterocycles. The molecule has 0 aliphatic carbocycles. The quantitative estimate of drug-likeness (QED) is 0.783. The molecule has 0 amide bonds. The lowest BCUT2D eigenvalue weighted by molar-refractivity contribution is 0.581. The minimum atomic E-state index is -3.22. The average molecular weight is 351 g/mol. The van der Waals surface area contributed by atoms with Crippen LogP contribution in [0.15, 0.2) is 30.4 Å². The highest BCUT2D eigenvalue weighted by Crippen LogP contribution is 2.25. The second kappa shape index (κ2) is 5.35. The lowest BCUT2D eigenvalue weighted by Crippen LogP contribution is -2.27. The maximum absolute atomic E-state index is 11.7. The molecule has 0 atom stereocenters. The van der Waals surface area contributed by atoms with Crippen molar-refractivity contribution in [3.8, 4) is 0 Å². The monoisotopic (exact) mass is 350 g/mol. The van der Waals surface area contributed by atoms with Crippen LogP contribution < -0.4 is 15.5 Å². The Morgan fingerprint density at radius 3 is 2.74 bits per heavy atom. The zero-order valence-corrected chi connectivity index (χ0v) is 12.3. The Morgan fingerprint density at radius 2 is 2.05 bits per heavy atom. The fraction of sp³-hybridized carbons (Fsp3) is 0.300. The molecule has 19 heavy (non-hydrogen) atoms. The minimum Gasteiger partial charge on any atom is -0.456 e. The molecule has 9 heteroatoms. The zero-order valence-electron chi connectivity index (χ0n) is 9.90. The Bertz CT molecular complexity index is 749. The summed E-state index contributed by atoms with van der Waals surface area (Å²) in [4.78, 5) is 11.7. The van der Waals surface area contributed by atoms with Crippen LogP contribution in [-0.4, -0.2) is 27.8 Å². The molecule has 0 saturated carbocycles. The van der Waals surface area contributed by atoms with E-state index in [0.29, 0.717) is 10.1 Å². The highest BCUT2D eigenvalue weighted by Gasteiger charge is 2.11. The predicted octanol–water partition coefficient (Wildman–Crippen LogP) is 1.11. The van der Waals surface area contributed by atoms with E-state index < -0.39 is 10.0 Å². The fourth-order valence-corrected chi connectivity index (χ4v) is 2.25. The number of anilines is 1. The Morgan fingerprint density at radius 1 is 1.32 bits per heavy atom. The number of fused-ring (bicyclic) bond motifs is 1. The molecule has 0 aliphatic heterocycles. The van der Waals surface area contributed by atoms with Gasteiger partial charge in [-0.2, -0.15) is 0 Å². The average Bonchev–Trinajstić information content (AvgIpc) is 2.66. The Kier molecular flexibility index (Phi) is 3.97. The smallest absolute Gasteiger partial charge is 0.230 e. The first-order chi connectivity index (χ1) is 8.87. The molecule has 0 aromatic carbocycles. The van der Waals surface area contributed by atoms with Crippen molar-refractivity contribution in [3.05, 3.63) is 27.0 Å². The molecule has 0 unspecified atom stereocenters. The minimum absolute atomic E-state index is 0.131. The van der Waals surface area contributed by atoms with Crippen LogP contribution in [0.4, 0.5) is 5.88 Å². The Labute approximate surface area is 117 Å². The normalized spacial score (nSPS) is 11.9. The summed E-state index contributed by atoms with van der Waals surface area (Å²) in [5.74, 6) is 0.245. The van der Waals surface area contributed by atoms with Crippen LogP contribution in [0, 0.1) is 0 Å². The summed E-state index contributed by atoms with van der Waals surface area (Å²) >= 11 is 3.20. The van der Waals surface area contributed by atoms with E-state index in [1.54, 1.807) is 0 Å². The fourth-order valence-electron chi connectivity index (χ4n) is 1.42. The van der Waals surface area contributed by atoms with Gasteiger partial charge in [0, 0.05) is 19.2 Å². The molecule has 0 radical (unpaired) electrons. The number of furan rings is 1. The molecule has 2 N–H and O–H groups in total. The summed E-state index contributed by atoms with van der Waals surface area (Å²) in [6.07, 6.45) is 2.44. The summed E-state index contributed by atoms with van der Waals surface area (Å²) in [5.41, 5.74) is 0.128. The number of halogens is 1. The summed E-state index contributed by atoms with van der Waals surface area (Å²) < 4.78 is 35.0. The maximum Gasteiger partial charge on any atom is 0.230 e. The van der Waals surface area contributed by atoms with Gasteiger partial charge in [0.25, 0.3) is 0 Å². The third-order valence-electron chi connectivity index (χ3n) is 2.19. The van der Waals surface area contributed by atoms with E-state index >= 15 is 0 Å². The standard InChI is InChI=1S/C10H11BrN2O5S/c1-19(15,16)13-3-2-12-8-4-7(14)10-9(18-8)6(11)5-17-10/h4-5,12-13H,2-3H2,1H3. The molecular weight excluding hydrogens is 340 g/mol. The van der Waals surface area contributed by atoms with Gasteiger partial charge < -0.3 is 14.2 Å². The van der Waals surface area contributed by atoms with Gasteiger partial charge in [0.2, 0.25) is 21.0 Å². The maximum atomic E-state index is 11.7. The Balaban J connectivity index is 2.09. The van der Waals surface area contributed by atoms with E-state index in [0.717, 1.165) is 6.26 Å². The van der Waals surface area contributed by atoms with Crippen LogP contribution >= 0.6 is 15.9 Å². The third kappa shape index (κ3) is 3.58. The molecule has 7 nitrogen and oxygen atoms in total. The summed E-state index contributed by atoms with van der Waals surface area (Å²) in [6.45, 7) is 0.476. The summed E-state index contributed by atoms with van der Waals surface area (Å²) in [6, 6.07) is 1.25. The second-order valence-corrected chi connectivity index (χ2v) is 6.50. The van der Waals surface area contributed by atoms with Crippen molar-refractivity contribution in [2.75, 3.05) is 24.7 Å². The van der Waals surface area contributed by atoms with Crippen molar-refractivity contribution in [2.45, 2.75) is 0 Å². The van der Waals surface area contributed by atoms with E-state index in [2.05, 4.69) is 26.0 Å². The van der Waals surface area contributed by atoms with Crippen molar-refractivity contribution in [1.82, 2.24) is 4.72 Å². The topological polar surface area (TPSA) is 102 Å². The molecule has 104 valence electrons. The predicted molar refractivity (Wildman–Crippen MR) is 73.8 cm³/mol. The number of sulfonamides is 1. The molecule has 0 saturated heterocycles. The molecule has 0 aliphatic rings. The van der Waals surface area contributed by atoms with Crippen molar-refractivity contribution in [2.24, 2.45) is 0 Å². The van der Waals surface area contributed by atoms with Gasteiger partial charge in [-0.15, -0.1) is 0 Å². The lowest BCUT2D eigenvalue weighted by Gasteiger charge is -2.05. The highest BCUT2D eigenvalue weighted by molar-refractivity contribution is 9.10. The largest absolute Gasteiger partial charge is 0.456 e. The van der Waals surface area contributed by atoms with Crippen LogP contribution in [0.5, 0.6) is 0 Å². The third-order valence-corrected chi connectivity index (χ3v) is 3.47. The second-order valence-electron chi connectivity index (χ2n) is 3.81. The number of hydrogen-bond donors (Lipinski definition) is 2. The molecule has 0 fully saturated rings. The molecule has 2 rings (SSSR count). The van der Waals surface area contributed by atoms with Gasteiger partial charge in [-0.05, 0) is 15.9 Å². The first kappa shape index (κ1) is 14.1. The zero-order chi connectivity index (χ0) is 14.0. The van der Waals surface area contributed by atoms with E-state index in [-0.39, 0.29) is 30.0 Å². The van der Waals surface area contributed by atoms with E-state index in [9.17, 15) is 13.2 Å². The van der Waals surface area contributed by atoms with Gasteiger partial charge in [-0.1, -0.05) is 0 Å². The molecule has 0 spiro atoms. The van der Waals surface area contributed by atoms with Crippen LogP contribution in [0.3, 0.4) is 0 Å². The van der Waals surface area contributed by atoms with Crippen LogP contribution in [0.25, 0.3) is 11.2 Å². The van der Waals surface area contributed by atoms with Gasteiger partial charge >= 0.3 is 0 Å². The van der Waals surface area contributed by atoms with Crippen LogP contribution in [-0.2, 0) is 10.0 Å². The lowest BCUT2D eigenvalue weighted by atomic mass is 10.4. The van der Waals surface area contributed by atoms with Gasteiger partial charge in [-0.25, -0.2) is 13.1 Å². The van der Waals surface area contributed by atoms with Gasteiger partial charge in [-0.3, -0.25) is 4.79 Å². The number of hydrogen-bond acceptors (Lipinski definition) is 6. The Hall–Kier alpha value is -1.32. The summed E-state index contributed by atoms with van der Waals surface area (Å²) in [5, 5.41) is 2.81. The van der Waals surface area contributed by atoms with Gasteiger partial charge in [0.15, 0.2) is 11.5 Å². The first-order valence-electron chi connectivity index (χ1n) is 5.26. The highest BCUT2D eigenvalue weighted by atomic mass is 79.9. The molecule has 0 bridgehead atoms. The SMILES string of the molecule is CS(=O)(=O)NCCNc1cc(=O)c2occ(Br)c2o1. The van der Waals surface area contributed by atoms with Crippen molar-refractivity contribution < 1.29 is 17.3 Å². The number of rotatable bonds is 5. The van der Waals surface area contributed by atoms with Crippen LogP contribution in [0.2, 0.25) is 0 Å². The van der Waals surface area contributed by atoms with Gasteiger partial charge in [0.1, 0.15) is 6.26 Å². The van der Waals surface area contributed by atoms with Gasteiger partial charge in [0.05, 0.1) is 10.7 Å². The molecule has 2 aromatic rings. The first-order valence-corrected chi connectivity index (χ1v) is 7.94. The van der Waals surface area contributed by atoms with E-state index in [4.69, 9.17) is 8.83 Å². The van der Waals surface area contributed by atoms with Crippen molar-refractivity contribution in [1.29, 1.82) is 0 Å². The van der Waals surface area contributed by atoms with Crippen LogP contribution in [0.1, 0.15) is 0 Å². The molecule has 2 heterocycles. The van der Waals surface area contributed by atoms with E-state index in [1.165, 1.54) is 12.3 Å². The van der Waals surface area contributed by atoms with Crippen molar-refractivity contribution in [3.63, 3.8) is 0 Å². The summed E-state index contributed by atoms with van der Waals surface area (Å²) in [7, 11) is -3.22. The van der Waals surface area contributed by atoms with Crippen molar-refractivity contribution >= 4 is 43.0 Å². The molecular formula is C10H11BrN2O5S.